The van der Waals surface area contributed by atoms with Crippen LogP contribution in [0.2, 0.25) is 0 Å². The molecule has 0 bridgehead atoms. The van der Waals surface area contributed by atoms with Gasteiger partial charge in [0.15, 0.2) is 6.10 Å². The maximum atomic E-state index is 12.9. The fourth-order valence-electron chi connectivity index (χ4n) is 10.1. The lowest BCUT2D eigenvalue weighted by molar-refractivity contribution is -0.167. The minimum absolute atomic E-state index is 0.0777. The molecule has 0 aromatic carbocycles. The summed E-state index contributed by atoms with van der Waals surface area (Å²) in [5, 5.41) is 0. The average molecular weight is 1080 g/mol. The highest BCUT2D eigenvalue weighted by Crippen LogP contribution is 2.17. The predicted molar refractivity (Wildman–Crippen MR) is 335 cm³/mol. The second-order valence-corrected chi connectivity index (χ2v) is 23.1. The van der Waals surface area contributed by atoms with Crippen LogP contribution in [0.4, 0.5) is 0 Å². The largest absolute Gasteiger partial charge is 0.462 e. The van der Waals surface area contributed by atoms with Crippen molar-refractivity contribution in [3.05, 3.63) is 48.6 Å². The Hall–Kier alpha value is -2.63. The average Bonchev–Trinajstić information content (AvgIpc) is 3.43. The molecule has 77 heavy (non-hydrogen) atoms. The zero-order valence-electron chi connectivity index (χ0n) is 51.7. The van der Waals surface area contributed by atoms with Crippen molar-refractivity contribution >= 4 is 17.9 Å². The molecule has 0 radical (unpaired) electrons. The predicted octanol–water partition coefficient (Wildman–Crippen LogP) is 23.3. The summed E-state index contributed by atoms with van der Waals surface area (Å²) in [5.74, 6) is -0.880. The van der Waals surface area contributed by atoms with Gasteiger partial charge in [0.1, 0.15) is 13.2 Å². The van der Waals surface area contributed by atoms with Crippen LogP contribution >= 0.6 is 0 Å². The van der Waals surface area contributed by atoms with Gasteiger partial charge >= 0.3 is 17.9 Å². The van der Waals surface area contributed by atoms with Crippen LogP contribution in [0.3, 0.4) is 0 Å². The third kappa shape index (κ3) is 64.1. The molecule has 6 nitrogen and oxygen atoms in total. The van der Waals surface area contributed by atoms with Gasteiger partial charge in [-0.15, -0.1) is 0 Å². The van der Waals surface area contributed by atoms with Crippen molar-refractivity contribution in [3.8, 4) is 0 Å². The van der Waals surface area contributed by atoms with Crippen LogP contribution in [0.15, 0.2) is 48.6 Å². The Morgan fingerprint density at radius 3 is 0.766 bits per heavy atom. The highest BCUT2D eigenvalue weighted by molar-refractivity contribution is 5.71. The normalized spacial score (nSPS) is 12.3. The zero-order valence-corrected chi connectivity index (χ0v) is 51.7. The van der Waals surface area contributed by atoms with E-state index in [1.807, 2.05) is 0 Å². The Morgan fingerprint density at radius 1 is 0.260 bits per heavy atom. The van der Waals surface area contributed by atoms with E-state index in [2.05, 4.69) is 69.4 Å². The lowest BCUT2D eigenvalue weighted by Gasteiger charge is -2.18. The molecule has 6 heteroatoms. The molecular formula is C71H130O6. The van der Waals surface area contributed by atoms with Crippen molar-refractivity contribution in [2.24, 2.45) is 0 Å². The first-order chi connectivity index (χ1) is 38.0. The Kier molecular flexibility index (Phi) is 63.6. The van der Waals surface area contributed by atoms with Crippen molar-refractivity contribution in [2.75, 3.05) is 13.2 Å². The Labute approximate surface area is 479 Å². The molecule has 1 unspecified atom stereocenters. The van der Waals surface area contributed by atoms with Crippen molar-refractivity contribution in [1.29, 1.82) is 0 Å². The van der Waals surface area contributed by atoms with Crippen molar-refractivity contribution in [3.63, 3.8) is 0 Å². The van der Waals surface area contributed by atoms with Gasteiger partial charge in [-0.25, -0.2) is 0 Å². The molecular weight excluding hydrogens is 949 g/mol. The SMILES string of the molecule is CCCC/C=C\C/C=C\CCCCCCCC(=O)OCC(COC(=O)CCCCCCCCCCCCCCCCCCC/C=C\CCCCCCCCCC)OC(=O)CCCCCCC/C=C\CCCCCCCCC. The molecule has 0 aromatic heterocycles. The van der Waals surface area contributed by atoms with E-state index >= 15 is 0 Å². The highest BCUT2D eigenvalue weighted by atomic mass is 16.6. The third-order valence-corrected chi connectivity index (χ3v) is 15.3. The first-order valence-corrected chi connectivity index (χ1v) is 34.1. The molecule has 450 valence electrons. The molecule has 0 aliphatic rings. The number of hydrogen-bond donors (Lipinski definition) is 0. The maximum Gasteiger partial charge on any atom is 0.306 e. The molecule has 0 aromatic rings. The van der Waals surface area contributed by atoms with Crippen LogP contribution < -0.4 is 0 Å². The number of allylic oxidation sites excluding steroid dienone is 8. The summed E-state index contributed by atoms with van der Waals surface area (Å²) in [6.45, 7) is 6.63. The molecule has 0 N–H and O–H groups in total. The van der Waals surface area contributed by atoms with E-state index in [0.29, 0.717) is 19.3 Å². The number of carbonyl (C=O) groups excluding carboxylic acids is 3. The third-order valence-electron chi connectivity index (χ3n) is 15.3. The fraction of sp³-hybridized carbons (Fsp3) is 0.845. The lowest BCUT2D eigenvalue weighted by atomic mass is 10.0. The summed E-state index contributed by atoms with van der Waals surface area (Å²) in [6, 6.07) is 0. The van der Waals surface area contributed by atoms with Gasteiger partial charge in [-0.05, 0) is 96.3 Å². The number of ether oxygens (including phenoxy) is 3. The standard InChI is InChI=1S/C71H130O6/c1-4-7-10-13-16-19-22-25-28-30-31-32-33-34-35-36-37-38-39-40-41-42-44-46-49-52-55-58-61-64-70(73)76-67-68(66-75-69(72)63-60-57-54-51-48-45-27-24-21-18-15-12-9-6-3)77-71(74)65-62-59-56-53-50-47-43-29-26-23-20-17-14-11-8-5-2/h15,18,24,27,29-31,43,68H,4-14,16-17,19-23,25-26,28,32-42,44-67H2,1-3H3/b18-15-,27-24-,31-30-,43-29-. The molecule has 0 aliphatic heterocycles. The minimum atomic E-state index is -0.783. The summed E-state index contributed by atoms with van der Waals surface area (Å²) in [4.78, 5) is 38.3. The van der Waals surface area contributed by atoms with Crippen molar-refractivity contribution < 1.29 is 28.6 Å². The summed E-state index contributed by atoms with van der Waals surface area (Å²) in [6.07, 6.45) is 82.8. The number of carbonyl (C=O) groups is 3. The van der Waals surface area contributed by atoms with Gasteiger partial charge in [0, 0.05) is 19.3 Å². The summed E-state index contributed by atoms with van der Waals surface area (Å²) >= 11 is 0. The van der Waals surface area contributed by atoms with Crippen molar-refractivity contribution in [1.82, 2.24) is 0 Å². The highest BCUT2D eigenvalue weighted by Gasteiger charge is 2.19. The van der Waals surface area contributed by atoms with E-state index in [9.17, 15) is 14.4 Å². The van der Waals surface area contributed by atoms with E-state index in [4.69, 9.17) is 14.2 Å². The molecule has 1 atom stereocenters. The molecule has 0 saturated carbocycles. The van der Waals surface area contributed by atoms with Crippen LogP contribution in [-0.2, 0) is 28.6 Å². The van der Waals surface area contributed by atoms with Crippen LogP contribution in [-0.4, -0.2) is 37.2 Å². The molecule has 0 saturated heterocycles. The molecule has 0 heterocycles. The van der Waals surface area contributed by atoms with E-state index in [1.165, 1.54) is 244 Å². The van der Waals surface area contributed by atoms with Gasteiger partial charge in [0.2, 0.25) is 0 Å². The van der Waals surface area contributed by atoms with E-state index in [1.54, 1.807) is 0 Å². The van der Waals surface area contributed by atoms with Gasteiger partial charge in [-0.3, -0.25) is 14.4 Å². The minimum Gasteiger partial charge on any atom is -0.462 e. The smallest absolute Gasteiger partial charge is 0.306 e. The Bertz CT molecular complexity index is 1330. The number of hydrogen-bond acceptors (Lipinski definition) is 6. The summed E-state index contributed by atoms with van der Waals surface area (Å²) in [5.41, 5.74) is 0. The Morgan fingerprint density at radius 2 is 0.481 bits per heavy atom. The van der Waals surface area contributed by atoms with Crippen LogP contribution in [0.1, 0.15) is 367 Å². The summed E-state index contributed by atoms with van der Waals surface area (Å²) in [7, 11) is 0. The number of rotatable bonds is 63. The molecule has 0 amide bonds. The zero-order chi connectivity index (χ0) is 55.7. The second kappa shape index (κ2) is 65.9. The van der Waals surface area contributed by atoms with Gasteiger partial charge in [0.05, 0.1) is 0 Å². The van der Waals surface area contributed by atoms with Crippen LogP contribution in [0.25, 0.3) is 0 Å². The monoisotopic (exact) mass is 1080 g/mol. The quantitative estimate of drug-likeness (QED) is 0.0261. The first-order valence-electron chi connectivity index (χ1n) is 34.1. The first kappa shape index (κ1) is 74.4. The fourth-order valence-corrected chi connectivity index (χ4v) is 10.1. The number of esters is 3. The molecule has 0 aliphatic carbocycles. The molecule has 0 fully saturated rings. The molecule has 0 rings (SSSR count). The van der Waals surface area contributed by atoms with Crippen molar-refractivity contribution in [2.45, 2.75) is 374 Å². The van der Waals surface area contributed by atoms with Crippen LogP contribution in [0.5, 0.6) is 0 Å². The van der Waals surface area contributed by atoms with Gasteiger partial charge in [-0.1, -0.05) is 301 Å². The second-order valence-electron chi connectivity index (χ2n) is 23.1. The van der Waals surface area contributed by atoms with Gasteiger partial charge in [0.25, 0.3) is 0 Å². The Balaban J connectivity index is 4.20. The topological polar surface area (TPSA) is 78.9 Å². The van der Waals surface area contributed by atoms with Crippen LogP contribution in [0, 0.1) is 0 Å². The van der Waals surface area contributed by atoms with Gasteiger partial charge < -0.3 is 14.2 Å². The van der Waals surface area contributed by atoms with E-state index < -0.39 is 6.10 Å². The summed E-state index contributed by atoms with van der Waals surface area (Å²) < 4.78 is 16.9. The number of unbranched alkanes of at least 4 members (excludes halogenated alkanes) is 44. The molecule has 0 spiro atoms. The maximum absolute atomic E-state index is 12.9. The lowest BCUT2D eigenvalue weighted by Crippen LogP contribution is -2.30. The van der Waals surface area contributed by atoms with Gasteiger partial charge in [-0.2, -0.15) is 0 Å². The van der Waals surface area contributed by atoms with E-state index in [0.717, 1.165) is 83.5 Å². The van der Waals surface area contributed by atoms with E-state index in [-0.39, 0.29) is 31.1 Å².